The predicted molar refractivity (Wildman–Crippen MR) is 132 cm³/mol. The summed E-state index contributed by atoms with van der Waals surface area (Å²) in [6, 6.07) is 3.78. The first-order valence-corrected chi connectivity index (χ1v) is 12.8. The molecule has 2 aliphatic heterocycles. The highest BCUT2D eigenvalue weighted by molar-refractivity contribution is 14.1. The molecular weight excluding hydrogens is 580 g/mol. The number of aromatic nitrogens is 2. The van der Waals surface area contributed by atoms with Gasteiger partial charge in [-0.1, -0.05) is 0 Å². The Labute approximate surface area is 209 Å². The van der Waals surface area contributed by atoms with Crippen LogP contribution in [0.15, 0.2) is 52.2 Å². The molecule has 4 rings (SSSR count). The number of halogens is 2. The molecule has 2 saturated heterocycles. The molecule has 0 spiro atoms. The highest BCUT2D eigenvalue weighted by atomic mass is 127. The number of nitrogens with one attached hydrogen (secondary N) is 3. The molecule has 1 aromatic heterocycles. The zero-order valence-corrected chi connectivity index (χ0v) is 21.0. The Bertz CT molecular complexity index is 1200. The van der Waals surface area contributed by atoms with Gasteiger partial charge in [0.2, 0.25) is 16.0 Å². The molecule has 2 aliphatic rings. The van der Waals surface area contributed by atoms with Crippen LogP contribution in [0.1, 0.15) is 0 Å². The number of nitrogens with zero attached hydrogens (tertiary/aromatic N) is 3. The molecule has 14 heteroatoms. The van der Waals surface area contributed by atoms with Crippen LogP contribution in [0.5, 0.6) is 0 Å². The molecule has 182 valence electrons. The molecule has 2 aromatic rings. The van der Waals surface area contributed by atoms with Gasteiger partial charge in [0.05, 0.1) is 39.5 Å². The Morgan fingerprint density at radius 1 is 1.24 bits per heavy atom. The SMILES string of the molecule is CN=CC(=CN)Nc1ncc(I)c(N[C@@H]2COC3C(NS(=O)(=O)c4ccc(F)cc4)COC32)n1. The average Bonchev–Trinajstić information content (AvgIpc) is 3.39. The number of allylic oxidation sites excluding steroid dienone is 1. The van der Waals surface area contributed by atoms with Crippen molar-refractivity contribution in [2.24, 2.45) is 10.7 Å². The van der Waals surface area contributed by atoms with Crippen molar-refractivity contribution in [3.8, 4) is 0 Å². The van der Waals surface area contributed by atoms with Crippen LogP contribution in [0.3, 0.4) is 0 Å². The molecule has 11 nitrogen and oxygen atoms in total. The number of hydrogen-bond acceptors (Lipinski definition) is 10. The molecule has 1 aromatic carbocycles. The zero-order valence-electron chi connectivity index (χ0n) is 18.0. The third-order valence-electron chi connectivity index (χ3n) is 5.25. The maximum absolute atomic E-state index is 13.2. The number of hydrogen-bond donors (Lipinski definition) is 4. The van der Waals surface area contributed by atoms with E-state index in [0.717, 1.165) is 15.7 Å². The summed E-state index contributed by atoms with van der Waals surface area (Å²) in [5, 5.41) is 6.29. The van der Waals surface area contributed by atoms with E-state index in [2.05, 4.69) is 52.9 Å². The van der Waals surface area contributed by atoms with Crippen LogP contribution in [0, 0.1) is 9.39 Å². The lowest BCUT2D eigenvalue weighted by Gasteiger charge is -2.19. The Kier molecular flexibility index (Phi) is 7.61. The molecule has 0 radical (unpaired) electrons. The number of rotatable bonds is 8. The third-order valence-corrected chi connectivity index (χ3v) is 7.55. The molecule has 2 fully saturated rings. The van der Waals surface area contributed by atoms with Crippen LogP contribution >= 0.6 is 22.6 Å². The molecule has 0 bridgehead atoms. The fraction of sp³-hybridized carbons (Fsp3) is 0.350. The normalized spacial score (nSPS) is 25.0. The van der Waals surface area contributed by atoms with Crippen molar-refractivity contribution in [1.82, 2.24) is 14.7 Å². The molecule has 3 unspecified atom stereocenters. The monoisotopic (exact) mass is 603 g/mol. The Hall–Kier alpha value is -2.40. The van der Waals surface area contributed by atoms with Crippen molar-refractivity contribution in [3.05, 3.63) is 51.7 Å². The van der Waals surface area contributed by atoms with E-state index in [1.807, 2.05) is 0 Å². The summed E-state index contributed by atoms with van der Waals surface area (Å²) in [5.74, 6) is 0.381. The molecule has 0 aliphatic carbocycles. The second-order valence-corrected chi connectivity index (χ2v) is 10.4. The van der Waals surface area contributed by atoms with E-state index in [4.69, 9.17) is 15.2 Å². The summed E-state index contributed by atoms with van der Waals surface area (Å²) in [7, 11) is -2.24. The van der Waals surface area contributed by atoms with Gasteiger partial charge in [-0.25, -0.2) is 22.5 Å². The zero-order chi connectivity index (χ0) is 24.3. The van der Waals surface area contributed by atoms with E-state index in [1.54, 1.807) is 19.5 Å². The lowest BCUT2D eigenvalue weighted by molar-refractivity contribution is 0.0690. The van der Waals surface area contributed by atoms with E-state index in [0.29, 0.717) is 24.1 Å². The fourth-order valence-corrected chi connectivity index (χ4v) is 5.34. The third kappa shape index (κ3) is 5.46. The number of fused-ring (bicyclic) bond motifs is 1. The predicted octanol–water partition coefficient (Wildman–Crippen LogP) is 1.06. The summed E-state index contributed by atoms with van der Waals surface area (Å²) in [6.07, 6.45) is 3.67. The molecule has 3 heterocycles. The van der Waals surface area contributed by atoms with Crippen LogP contribution in [0.25, 0.3) is 0 Å². The van der Waals surface area contributed by atoms with Gasteiger partial charge in [0.15, 0.2) is 0 Å². The highest BCUT2D eigenvalue weighted by Crippen LogP contribution is 2.30. The number of nitrogens with two attached hydrogens (primary N) is 1. The number of aliphatic imine (C=N–C) groups is 1. The largest absolute Gasteiger partial charge is 0.403 e. The quantitative estimate of drug-likeness (QED) is 0.256. The van der Waals surface area contributed by atoms with E-state index in [-0.39, 0.29) is 17.5 Å². The maximum Gasteiger partial charge on any atom is 0.240 e. The van der Waals surface area contributed by atoms with E-state index in [9.17, 15) is 12.8 Å². The van der Waals surface area contributed by atoms with Crippen molar-refractivity contribution < 1.29 is 22.3 Å². The summed E-state index contributed by atoms with van der Waals surface area (Å²) in [4.78, 5) is 12.6. The lowest BCUT2D eigenvalue weighted by Crippen LogP contribution is -2.44. The van der Waals surface area contributed by atoms with Crippen LogP contribution in [0.2, 0.25) is 0 Å². The van der Waals surface area contributed by atoms with Gasteiger partial charge in [-0.2, -0.15) is 4.98 Å². The number of anilines is 2. The average molecular weight is 603 g/mol. The Morgan fingerprint density at radius 3 is 2.59 bits per heavy atom. The Morgan fingerprint density at radius 2 is 1.91 bits per heavy atom. The molecule has 0 saturated carbocycles. The first-order chi connectivity index (χ1) is 16.3. The van der Waals surface area contributed by atoms with Crippen molar-refractivity contribution in [3.63, 3.8) is 0 Å². The van der Waals surface area contributed by atoms with Crippen molar-refractivity contribution in [2.45, 2.75) is 29.2 Å². The highest BCUT2D eigenvalue weighted by Gasteiger charge is 2.49. The second-order valence-electron chi connectivity index (χ2n) is 7.55. The van der Waals surface area contributed by atoms with Gasteiger partial charge in [-0.15, -0.1) is 0 Å². The minimum Gasteiger partial charge on any atom is -0.403 e. The lowest BCUT2D eigenvalue weighted by atomic mass is 10.1. The van der Waals surface area contributed by atoms with Gasteiger partial charge < -0.3 is 25.8 Å². The van der Waals surface area contributed by atoms with Gasteiger partial charge in [0.1, 0.15) is 23.8 Å². The van der Waals surface area contributed by atoms with Crippen LogP contribution in [0.4, 0.5) is 16.2 Å². The van der Waals surface area contributed by atoms with Gasteiger partial charge >= 0.3 is 0 Å². The summed E-state index contributed by atoms with van der Waals surface area (Å²) < 4.78 is 53.7. The van der Waals surface area contributed by atoms with Crippen molar-refractivity contribution in [2.75, 3.05) is 30.9 Å². The number of ether oxygens (including phenoxy) is 2. The number of sulfonamides is 1. The van der Waals surface area contributed by atoms with Crippen molar-refractivity contribution in [1.29, 1.82) is 0 Å². The van der Waals surface area contributed by atoms with E-state index < -0.39 is 34.1 Å². The first kappa shape index (κ1) is 24.7. The van der Waals surface area contributed by atoms with E-state index >= 15 is 0 Å². The molecular formula is C20H23FIN7O4S. The summed E-state index contributed by atoms with van der Waals surface area (Å²) >= 11 is 2.11. The van der Waals surface area contributed by atoms with E-state index in [1.165, 1.54) is 18.3 Å². The smallest absolute Gasteiger partial charge is 0.240 e. The maximum atomic E-state index is 13.2. The van der Waals surface area contributed by atoms with Crippen molar-refractivity contribution >= 4 is 50.6 Å². The molecule has 34 heavy (non-hydrogen) atoms. The fourth-order valence-electron chi connectivity index (χ4n) is 3.69. The molecule has 5 N–H and O–H groups in total. The van der Waals surface area contributed by atoms with Gasteiger partial charge in [-0.3, -0.25) is 4.99 Å². The summed E-state index contributed by atoms with van der Waals surface area (Å²) in [6.45, 7) is 0.437. The molecule has 0 amide bonds. The minimum atomic E-state index is -3.86. The minimum absolute atomic E-state index is 0.0281. The van der Waals surface area contributed by atoms with Crippen LogP contribution < -0.4 is 21.1 Å². The Balaban J connectivity index is 1.43. The topological polar surface area (TPSA) is 153 Å². The van der Waals surface area contributed by atoms with Crippen LogP contribution in [-0.4, -0.2) is 69.2 Å². The van der Waals surface area contributed by atoms with Gasteiger partial charge in [0, 0.05) is 25.7 Å². The number of benzene rings is 1. The van der Waals surface area contributed by atoms with Crippen LogP contribution in [-0.2, 0) is 19.5 Å². The summed E-state index contributed by atoms with van der Waals surface area (Å²) in [5.41, 5.74) is 6.12. The standard InChI is InChI=1S/C20H23FIN7O4S/c1-24-7-12(6-23)26-20-25-8-14(22)19(28-20)27-15-9-32-18-16(10-33-17(15)18)29-34(30,31)13-4-2-11(21)3-5-13/h2-8,15-18,29H,9-10,23H2,1H3,(H2,25,26,27,28)/t15-,16?,17?,18?/m1/s1. The second kappa shape index (κ2) is 10.5. The van der Waals surface area contributed by atoms with Gasteiger partial charge in [0.25, 0.3) is 0 Å². The molecule has 4 atom stereocenters. The van der Waals surface area contributed by atoms with Gasteiger partial charge in [-0.05, 0) is 46.9 Å². The first-order valence-electron chi connectivity index (χ1n) is 10.2.